The second-order valence-corrected chi connectivity index (χ2v) is 4.14. The summed E-state index contributed by atoms with van der Waals surface area (Å²) in [5.74, 6) is 0.140. The molecule has 1 aromatic carbocycles. The second-order valence-electron chi connectivity index (χ2n) is 4.14. The highest BCUT2D eigenvalue weighted by Crippen LogP contribution is 2.27. The zero-order valence-corrected chi connectivity index (χ0v) is 10.1. The van der Waals surface area contributed by atoms with Gasteiger partial charge in [-0.3, -0.25) is 0 Å². The molecule has 0 saturated heterocycles. The lowest BCUT2D eigenvalue weighted by atomic mass is 10.00. The molecule has 0 unspecified atom stereocenters. The molecule has 0 saturated carbocycles. The Labute approximate surface area is 99.5 Å². The third kappa shape index (κ3) is 1.98. The van der Waals surface area contributed by atoms with E-state index in [1.165, 1.54) is 12.1 Å². The van der Waals surface area contributed by atoms with Crippen molar-refractivity contribution in [2.24, 2.45) is 0 Å². The summed E-state index contributed by atoms with van der Waals surface area (Å²) >= 11 is 0. The van der Waals surface area contributed by atoms with Gasteiger partial charge in [0, 0.05) is 5.56 Å². The van der Waals surface area contributed by atoms with E-state index in [4.69, 9.17) is 5.73 Å². The average molecular weight is 231 g/mol. The molecule has 0 atom stereocenters. The van der Waals surface area contributed by atoms with Gasteiger partial charge in [-0.25, -0.2) is 4.39 Å². The molecule has 88 valence electrons. The van der Waals surface area contributed by atoms with E-state index in [2.05, 4.69) is 10.2 Å². The Morgan fingerprint density at radius 3 is 2.47 bits per heavy atom. The number of nitrogen functional groups attached to an aromatic ring is 1. The number of nitrogens with two attached hydrogens (primary N) is 1. The minimum Gasteiger partial charge on any atom is -0.382 e. The van der Waals surface area contributed by atoms with Crippen molar-refractivity contribution in [1.29, 1.82) is 0 Å². The molecule has 0 fully saturated rings. The van der Waals surface area contributed by atoms with Gasteiger partial charge in [0.15, 0.2) is 0 Å². The number of hydrogen-bond acceptors (Lipinski definition) is 3. The van der Waals surface area contributed by atoms with Crippen LogP contribution in [0.4, 0.5) is 10.2 Å². The molecule has 0 aliphatic heterocycles. The predicted molar refractivity (Wildman–Crippen MR) is 66.0 cm³/mol. The normalized spacial score (nSPS) is 10.6. The van der Waals surface area contributed by atoms with Crippen LogP contribution < -0.4 is 5.73 Å². The van der Waals surface area contributed by atoms with E-state index in [9.17, 15) is 4.39 Å². The van der Waals surface area contributed by atoms with Gasteiger partial charge in [-0.05, 0) is 49.6 Å². The monoisotopic (exact) mass is 231 g/mol. The SMILES string of the molecule is Cc1ccc(F)cc1-c1nnc(N)c(C)c1C. The summed E-state index contributed by atoms with van der Waals surface area (Å²) in [6.07, 6.45) is 0. The lowest BCUT2D eigenvalue weighted by Crippen LogP contribution is -2.02. The lowest BCUT2D eigenvalue weighted by molar-refractivity contribution is 0.628. The van der Waals surface area contributed by atoms with Crippen LogP contribution in [0.5, 0.6) is 0 Å². The number of halogens is 1. The average Bonchev–Trinajstić information content (AvgIpc) is 2.30. The van der Waals surface area contributed by atoms with Gasteiger partial charge in [0.05, 0.1) is 5.69 Å². The quantitative estimate of drug-likeness (QED) is 0.821. The van der Waals surface area contributed by atoms with Crippen LogP contribution in [-0.4, -0.2) is 10.2 Å². The Morgan fingerprint density at radius 1 is 1.06 bits per heavy atom. The molecular formula is C13H14FN3. The molecule has 0 amide bonds. The van der Waals surface area contributed by atoms with Gasteiger partial charge in [-0.1, -0.05) is 6.07 Å². The Bertz CT molecular complexity index is 579. The number of nitrogens with zero attached hydrogens (tertiary/aromatic N) is 2. The Kier molecular flexibility index (Phi) is 2.79. The zero-order valence-electron chi connectivity index (χ0n) is 10.1. The van der Waals surface area contributed by atoms with Crippen LogP contribution in [-0.2, 0) is 0 Å². The molecule has 1 heterocycles. The maximum absolute atomic E-state index is 13.3. The fourth-order valence-electron chi connectivity index (χ4n) is 1.73. The van der Waals surface area contributed by atoms with E-state index < -0.39 is 0 Å². The molecule has 2 N–H and O–H groups in total. The minimum absolute atomic E-state index is 0.277. The highest BCUT2D eigenvalue weighted by atomic mass is 19.1. The Balaban J connectivity index is 2.69. The van der Waals surface area contributed by atoms with Gasteiger partial charge in [-0.2, -0.15) is 0 Å². The van der Waals surface area contributed by atoms with Crippen molar-refractivity contribution in [3.05, 3.63) is 40.7 Å². The van der Waals surface area contributed by atoms with Gasteiger partial charge in [0.25, 0.3) is 0 Å². The van der Waals surface area contributed by atoms with Crippen molar-refractivity contribution in [3.8, 4) is 11.3 Å². The van der Waals surface area contributed by atoms with Crippen LogP contribution in [0.1, 0.15) is 16.7 Å². The third-order valence-corrected chi connectivity index (χ3v) is 3.01. The van der Waals surface area contributed by atoms with Gasteiger partial charge >= 0.3 is 0 Å². The Morgan fingerprint density at radius 2 is 1.76 bits per heavy atom. The van der Waals surface area contributed by atoms with Crippen LogP contribution in [0.15, 0.2) is 18.2 Å². The summed E-state index contributed by atoms with van der Waals surface area (Å²) in [5.41, 5.74) is 9.93. The summed E-state index contributed by atoms with van der Waals surface area (Å²) in [6, 6.07) is 4.64. The molecule has 17 heavy (non-hydrogen) atoms. The number of rotatable bonds is 1. The highest BCUT2D eigenvalue weighted by molar-refractivity contribution is 5.68. The largest absolute Gasteiger partial charge is 0.382 e. The summed E-state index contributed by atoms with van der Waals surface area (Å²) in [7, 11) is 0. The van der Waals surface area contributed by atoms with Crippen molar-refractivity contribution in [2.45, 2.75) is 20.8 Å². The molecule has 2 aromatic rings. The van der Waals surface area contributed by atoms with Gasteiger partial charge in [0.1, 0.15) is 11.6 Å². The van der Waals surface area contributed by atoms with Gasteiger partial charge in [0.2, 0.25) is 0 Å². The van der Waals surface area contributed by atoms with E-state index in [-0.39, 0.29) is 5.82 Å². The van der Waals surface area contributed by atoms with E-state index in [1.807, 2.05) is 20.8 Å². The first-order chi connectivity index (χ1) is 8.00. The van der Waals surface area contributed by atoms with Crippen LogP contribution in [0, 0.1) is 26.6 Å². The molecule has 0 spiro atoms. The number of benzene rings is 1. The molecule has 4 heteroatoms. The molecule has 2 rings (SSSR count). The van der Waals surface area contributed by atoms with Crippen LogP contribution >= 0.6 is 0 Å². The van der Waals surface area contributed by atoms with Crippen LogP contribution in [0.3, 0.4) is 0 Å². The van der Waals surface area contributed by atoms with Crippen LogP contribution in [0.2, 0.25) is 0 Å². The van der Waals surface area contributed by atoms with Crippen molar-refractivity contribution in [3.63, 3.8) is 0 Å². The zero-order chi connectivity index (χ0) is 12.6. The summed E-state index contributed by atoms with van der Waals surface area (Å²) in [4.78, 5) is 0. The Hall–Kier alpha value is -1.97. The van der Waals surface area contributed by atoms with Gasteiger partial charge < -0.3 is 5.73 Å². The molecule has 1 aromatic heterocycles. The number of aryl methyl sites for hydroxylation is 1. The number of hydrogen-bond donors (Lipinski definition) is 1. The highest BCUT2D eigenvalue weighted by Gasteiger charge is 2.12. The first kappa shape index (κ1) is 11.5. The minimum atomic E-state index is -0.277. The fraction of sp³-hybridized carbons (Fsp3) is 0.231. The van der Waals surface area contributed by atoms with Crippen LogP contribution in [0.25, 0.3) is 11.3 Å². The number of anilines is 1. The summed E-state index contributed by atoms with van der Waals surface area (Å²) in [5, 5.41) is 7.96. The van der Waals surface area contributed by atoms with Crippen molar-refractivity contribution < 1.29 is 4.39 Å². The van der Waals surface area contributed by atoms with E-state index in [0.29, 0.717) is 11.5 Å². The topological polar surface area (TPSA) is 51.8 Å². The third-order valence-electron chi connectivity index (χ3n) is 3.01. The molecule has 0 aliphatic carbocycles. The standard InChI is InChI=1S/C13H14FN3/c1-7-4-5-10(14)6-11(7)12-8(2)9(3)13(15)17-16-12/h4-6H,1-3H3,(H2,15,17). The predicted octanol–water partition coefficient (Wildman–Crippen LogP) is 2.79. The van der Waals surface area contributed by atoms with E-state index in [0.717, 1.165) is 22.3 Å². The molecule has 3 nitrogen and oxygen atoms in total. The van der Waals surface area contributed by atoms with Crippen molar-refractivity contribution >= 4 is 5.82 Å². The first-order valence-corrected chi connectivity index (χ1v) is 5.36. The molecule has 0 aliphatic rings. The molecular weight excluding hydrogens is 217 g/mol. The van der Waals surface area contributed by atoms with Crippen molar-refractivity contribution in [2.75, 3.05) is 5.73 Å². The second kappa shape index (κ2) is 4.13. The first-order valence-electron chi connectivity index (χ1n) is 5.36. The van der Waals surface area contributed by atoms with Gasteiger partial charge in [-0.15, -0.1) is 10.2 Å². The maximum Gasteiger partial charge on any atom is 0.149 e. The molecule has 0 bridgehead atoms. The lowest BCUT2D eigenvalue weighted by Gasteiger charge is -2.10. The fourth-order valence-corrected chi connectivity index (χ4v) is 1.73. The smallest absolute Gasteiger partial charge is 0.149 e. The van der Waals surface area contributed by atoms with E-state index >= 15 is 0 Å². The molecule has 0 radical (unpaired) electrons. The van der Waals surface area contributed by atoms with Crippen molar-refractivity contribution in [1.82, 2.24) is 10.2 Å². The number of aromatic nitrogens is 2. The summed E-state index contributed by atoms with van der Waals surface area (Å²) in [6.45, 7) is 5.72. The summed E-state index contributed by atoms with van der Waals surface area (Å²) < 4.78 is 13.3. The maximum atomic E-state index is 13.3. The van der Waals surface area contributed by atoms with E-state index in [1.54, 1.807) is 6.07 Å².